The largest absolute Gasteiger partial charge is 0.352 e. The Morgan fingerprint density at radius 3 is 2.34 bits per heavy atom. The van der Waals surface area contributed by atoms with Crippen molar-refractivity contribution in [1.82, 2.24) is 10.0 Å². The summed E-state index contributed by atoms with van der Waals surface area (Å²) < 4.78 is 30.5. The normalized spacial score (nSPS) is 25.1. The molecule has 3 rings (SSSR count). The first kappa shape index (κ1) is 22.2. The van der Waals surface area contributed by atoms with Gasteiger partial charge in [-0.25, -0.2) is 13.1 Å². The maximum atomic E-state index is 12.5. The van der Waals surface area contributed by atoms with E-state index in [-0.39, 0.29) is 23.9 Å². The zero-order chi connectivity index (χ0) is 21.1. The summed E-state index contributed by atoms with van der Waals surface area (Å²) in [6.07, 6.45) is 2.78. The zero-order valence-corrected chi connectivity index (χ0v) is 18.9. The van der Waals surface area contributed by atoms with E-state index in [1.807, 2.05) is 24.3 Å². The van der Waals surface area contributed by atoms with Gasteiger partial charge in [0.15, 0.2) is 0 Å². The van der Waals surface area contributed by atoms with Gasteiger partial charge >= 0.3 is 0 Å². The molecule has 29 heavy (non-hydrogen) atoms. The van der Waals surface area contributed by atoms with Crippen LogP contribution in [0.15, 0.2) is 33.9 Å². The van der Waals surface area contributed by atoms with Crippen molar-refractivity contribution in [3.8, 4) is 0 Å². The highest BCUT2D eigenvalue weighted by Crippen LogP contribution is 2.30. The van der Waals surface area contributed by atoms with Crippen LogP contribution in [0, 0.1) is 5.92 Å². The molecule has 1 aliphatic carbocycles. The molecule has 0 bridgehead atoms. The van der Waals surface area contributed by atoms with Crippen molar-refractivity contribution >= 4 is 27.9 Å². The molecule has 1 aromatic carbocycles. The van der Waals surface area contributed by atoms with Gasteiger partial charge < -0.3 is 5.32 Å². The lowest BCUT2D eigenvalue weighted by atomic mass is 9.86. The first-order chi connectivity index (χ1) is 13.7. The van der Waals surface area contributed by atoms with Gasteiger partial charge in [-0.05, 0) is 69.5 Å². The van der Waals surface area contributed by atoms with Gasteiger partial charge in [0, 0.05) is 24.3 Å². The molecule has 1 atom stereocenters. The van der Waals surface area contributed by atoms with Gasteiger partial charge in [0.05, 0.1) is 4.75 Å². The summed E-state index contributed by atoms with van der Waals surface area (Å²) in [6, 6.07) is 8.18. The minimum Gasteiger partial charge on any atom is -0.352 e. The Bertz CT molecular complexity index is 839. The molecule has 0 radical (unpaired) electrons. The first-order valence-electron chi connectivity index (χ1n) is 10.1. The number of amides is 1. The van der Waals surface area contributed by atoms with Crippen LogP contribution in [0.4, 0.5) is 0 Å². The average molecular weight is 439 g/mol. The molecule has 1 amide bonds. The van der Waals surface area contributed by atoms with Crippen LogP contribution in [0.3, 0.4) is 0 Å². The number of benzene rings is 1. The minimum atomic E-state index is -3.36. The van der Waals surface area contributed by atoms with Crippen LogP contribution in [0.25, 0.3) is 0 Å². The van der Waals surface area contributed by atoms with E-state index >= 15 is 0 Å². The Kier molecular flexibility index (Phi) is 7.01. The number of nitrogens with one attached hydrogen (secondary N) is 2. The molecule has 9 heteroatoms. The second kappa shape index (κ2) is 9.14. The quantitative estimate of drug-likeness (QED) is 0.661. The third-order valence-corrected chi connectivity index (χ3v) is 8.46. The maximum Gasteiger partial charge on any atom is 0.223 e. The smallest absolute Gasteiger partial charge is 0.223 e. The minimum absolute atomic E-state index is 0.0483. The number of carbonyl (C=O) groups excluding carboxylic acids is 1. The van der Waals surface area contributed by atoms with E-state index in [1.54, 1.807) is 20.8 Å². The van der Waals surface area contributed by atoms with Gasteiger partial charge in [-0.2, -0.15) is 5.11 Å². The fraction of sp³-hybridized carbons (Fsp3) is 0.650. The molecule has 0 spiro atoms. The summed E-state index contributed by atoms with van der Waals surface area (Å²) in [7, 11) is -3.36. The van der Waals surface area contributed by atoms with Gasteiger partial charge in [-0.15, -0.1) is 4.52 Å². The number of hydrogen-bond acceptors (Lipinski definition) is 6. The second-order valence-corrected chi connectivity index (χ2v) is 12.0. The van der Waals surface area contributed by atoms with E-state index in [9.17, 15) is 13.2 Å². The summed E-state index contributed by atoms with van der Waals surface area (Å²) in [4.78, 5) is 12.5. The molecule has 2 N–H and O–H groups in total. The monoisotopic (exact) mass is 438 g/mol. The van der Waals surface area contributed by atoms with Crippen LogP contribution < -0.4 is 10.0 Å². The van der Waals surface area contributed by atoms with Crippen LogP contribution >= 0.6 is 11.9 Å². The topological polar surface area (TPSA) is 100.0 Å². The number of rotatable bonds is 6. The Hall–Kier alpha value is -1.45. The summed E-state index contributed by atoms with van der Waals surface area (Å²) >= 11 is 1.48. The second-order valence-electron chi connectivity index (χ2n) is 8.75. The standard InChI is InChI=1S/C20H30N4O3S2/c1-20(2,3)29(26,27)23-17-10-8-16(9-11-17)19(25)21-12-14-4-6-15(7-5-14)18-13-28-24-22-18/h4-7,16-18,23H,8-13H2,1-3H3,(H,21,25). The van der Waals surface area contributed by atoms with E-state index in [4.69, 9.17) is 0 Å². The Labute approximate surface area is 177 Å². The van der Waals surface area contributed by atoms with Crippen molar-refractivity contribution in [2.24, 2.45) is 15.6 Å². The van der Waals surface area contributed by atoms with Crippen molar-refractivity contribution in [2.75, 3.05) is 5.75 Å². The molecule has 1 aromatic rings. The third-order valence-electron chi connectivity index (χ3n) is 5.53. The summed E-state index contributed by atoms with van der Waals surface area (Å²) in [5.74, 6) is 0.873. The van der Waals surface area contributed by atoms with Crippen molar-refractivity contribution in [2.45, 2.75) is 69.8 Å². The lowest BCUT2D eigenvalue weighted by molar-refractivity contribution is -0.126. The Morgan fingerprint density at radius 1 is 1.14 bits per heavy atom. The molecule has 1 heterocycles. The average Bonchev–Trinajstić information content (AvgIpc) is 3.21. The maximum absolute atomic E-state index is 12.5. The van der Waals surface area contributed by atoms with Gasteiger partial charge in [-0.1, -0.05) is 24.3 Å². The molecule has 1 aliphatic heterocycles. The molecule has 160 valence electrons. The highest BCUT2D eigenvalue weighted by Gasteiger charge is 2.34. The lowest BCUT2D eigenvalue weighted by Crippen LogP contribution is -2.46. The molecule has 1 unspecified atom stereocenters. The Morgan fingerprint density at radius 2 is 1.79 bits per heavy atom. The predicted molar refractivity (Wildman–Crippen MR) is 116 cm³/mol. The highest BCUT2D eigenvalue weighted by atomic mass is 32.2. The number of carbonyl (C=O) groups is 1. The zero-order valence-electron chi connectivity index (χ0n) is 17.2. The highest BCUT2D eigenvalue weighted by molar-refractivity contribution is 7.98. The van der Waals surface area contributed by atoms with Crippen LogP contribution in [-0.2, 0) is 21.4 Å². The molecular weight excluding hydrogens is 408 g/mol. The number of sulfonamides is 1. The summed E-state index contributed by atoms with van der Waals surface area (Å²) in [6.45, 7) is 5.57. The molecule has 7 nitrogen and oxygen atoms in total. The summed E-state index contributed by atoms with van der Waals surface area (Å²) in [5, 5.41) is 7.21. The van der Waals surface area contributed by atoms with E-state index in [1.165, 1.54) is 11.9 Å². The predicted octanol–water partition coefficient (Wildman–Crippen LogP) is 3.73. The van der Waals surface area contributed by atoms with Crippen LogP contribution in [-0.4, -0.2) is 30.9 Å². The fourth-order valence-electron chi connectivity index (χ4n) is 3.45. The van der Waals surface area contributed by atoms with Crippen molar-refractivity contribution < 1.29 is 13.2 Å². The van der Waals surface area contributed by atoms with Crippen LogP contribution in [0.2, 0.25) is 0 Å². The van der Waals surface area contributed by atoms with Crippen LogP contribution in [0.1, 0.15) is 63.6 Å². The fourth-order valence-corrected chi connectivity index (χ4v) is 5.13. The van der Waals surface area contributed by atoms with Gasteiger partial charge in [0.2, 0.25) is 15.9 Å². The molecule has 0 aromatic heterocycles. The van der Waals surface area contributed by atoms with Gasteiger partial charge in [-0.3, -0.25) is 4.79 Å². The van der Waals surface area contributed by atoms with Crippen LogP contribution in [0.5, 0.6) is 0 Å². The van der Waals surface area contributed by atoms with Crippen molar-refractivity contribution in [1.29, 1.82) is 0 Å². The lowest BCUT2D eigenvalue weighted by Gasteiger charge is -2.30. The van der Waals surface area contributed by atoms with E-state index in [0.29, 0.717) is 32.2 Å². The molecule has 0 saturated heterocycles. The number of nitrogens with zero attached hydrogens (tertiary/aromatic N) is 2. The summed E-state index contributed by atoms with van der Waals surface area (Å²) in [5.41, 5.74) is 2.20. The van der Waals surface area contributed by atoms with Crippen molar-refractivity contribution in [3.63, 3.8) is 0 Å². The van der Waals surface area contributed by atoms with E-state index in [0.717, 1.165) is 16.9 Å². The van der Waals surface area contributed by atoms with Gasteiger partial charge in [0.1, 0.15) is 6.04 Å². The van der Waals surface area contributed by atoms with Crippen molar-refractivity contribution in [3.05, 3.63) is 35.4 Å². The molecular formula is C20H30N4O3S2. The van der Waals surface area contributed by atoms with E-state index < -0.39 is 14.8 Å². The molecule has 2 aliphatic rings. The first-order valence-corrected chi connectivity index (χ1v) is 12.5. The molecule has 1 fully saturated rings. The third kappa shape index (κ3) is 5.79. The van der Waals surface area contributed by atoms with E-state index in [2.05, 4.69) is 19.7 Å². The SMILES string of the molecule is CC(C)(C)S(=O)(=O)NC1CCC(C(=O)NCc2ccc(C3CSN=N3)cc2)CC1. The Balaban J connectivity index is 1.43. The molecule has 1 saturated carbocycles. The number of hydrogen-bond donors (Lipinski definition) is 2. The van der Waals surface area contributed by atoms with Gasteiger partial charge in [0.25, 0.3) is 0 Å².